The van der Waals surface area contributed by atoms with Crippen molar-refractivity contribution in [2.45, 2.75) is 11.4 Å². The van der Waals surface area contributed by atoms with Crippen LogP contribution in [0, 0.1) is 17.7 Å². The number of nitrogens with zero attached hydrogens (tertiary/aromatic N) is 2. The van der Waals surface area contributed by atoms with Crippen LogP contribution in [0.25, 0.3) is 11.3 Å². The molecule has 0 spiro atoms. The molecule has 3 aromatic rings. The number of fused-ring (bicyclic) bond motifs is 1. The zero-order valence-corrected chi connectivity index (χ0v) is 18.7. The van der Waals surface area contributed by atoms with E-state index in [0.717, 1.165) is 37.6 Å². The number of anilines is 1. The maximum Gasteiger partial charge on any atom is 0.268 e. The zero-order chi connectivity index (χ0) is 22.3. The lowest BCUT2D eigenvalue weighted by molar-refractivity contribution is 0.177. The van der Waals surface area contributed by atoms with Crippen LogP contribution in [0.5, 0.6) is 0 Å². The first kappa shape index (κ1) is 21.2. The van der Waals surface area contributed by atoms with E-state index < -0.39 is 15.8 Å². The summed E-state index contributed by atoms with van der Waals surface area (Å²) in [4.78, 5) is 2.42. The molecule has 2 aliphatic rings. The molecule has 2 atom stereocenters. The van der Waals surface area contributed by atoms with Crippen LogP contribution in [0.1, 0.15) is 5.56 Å². The van der Waals surface area contributed by atoms with Crippen LogP contribution in [-0.2, 0) is 21.3 Å². The summed E-state index contributed by atoms with van der Waals surface area (Å²) in [5.74, 6) is 0.533. The Morgan fingerprint density at radius 2 is 1.81 bits per heavy atom. The fourth-order valence-electron chi connectivity index (χ4n) is 4.71. The number of hydrogen-bond acceptors (Lipinski definition) is 5. The van der Waals surface area contributed by atoms with Gasteiger partial charge in [-0.25, -0.2) is 16.8 Å². The summed E-state index contributed by atoms with van der Waals surface area (Å²) >= 11 is 0. The summed E-state index contributed by atoms with van der Waals surface area (Å²) in [7, 11) is -2.15. The maximum atomic E-state index is 14.6. The van der Waals surface area contributed by atoms with Crippen LogP contribution < -0.4 is 10.2 Å². The van der Waals surface area contributed by atoms with Crippen molar-refractivity contribution in [1.29, 1.82) is 0 Å². The van der Waals surface area contributed by atoms with Crippen LogP contribution in [0.4, 0.5) is 10.1 Å². The van der Waals surface area contributed by atoms with E-state index >= 15 is 0 Å². The van der Waals surface area contributed by atoms with Crippen LogP contribution >= 0.6 is 0 Å². The fraction of sp³-hybridized carbons (Fsp3) is 0.333. The maximum absolute atomic E-state index is 14.6. The molecular formula is C24H26FN3O3S. The third-order valence-corrected chi connectivity index (χ3v) is 8.02. The summed E-state index contributed by atoms with van der Waals surface area (Å²) < 4.78 is 48.7. The van der Waals surface area contributed by atoms with Gasteiger partial charge in [-0.1, -0.05) is 18.2 Å². The van der Waals surface area contributed by atoms with E-state index in [9.17, 15) is 12.8 Å². The van der Waals surface area contributed by atoms with Gasteiger partial charge in [-0.15, -0.1) is 0 Å². The molecule has 0 amide bonds. The molecule has 3 heterocycles. The van der Waals surface area contributed by atoms with Gasteiger partial charge >= 0.3 is 0 Å². The van der Waals surface area contributed by atoms with E-state index in [1.807, 2.05) is 6.07 Å². The molecule has 0 radical (unpaired) electrons. The van der Waals surface area contributed by atoms with Crippen molar-refractivity contribution in [2.75, 3.05) is 38.3 Å². The topological polar surface area (TPSA) is 63.6 Å². The van der Waals surface area contributed by atoms with Crippen molar-refractivity contribution in [3.8, 4) is 11.3 Å². The molecule has 2 saturated heterocycles. The predicted octanol–water partition coefficient (Wildman–Crippen LogP) is 3.33. The molecule has 5 rings (SSSR count). The van der Waals surface area contributed by atoms with E-state index in [2.05, 4.69) is 10.2 Å². The molecule has 2 fully saturated rings. The van der Waals surface area contributed by atoms with Gasteiger partial charge in [-0.3, -0.25) is 0 Å². The van der Waals surface area contributed by atoms with Gasteiger partial charge in [-0.05, 0) is 49.0 Å². The van der Waals surface area contributed by atoms with Crippen LogP contribution in [0.3, 0.4) is 0 Å². The molecule has 32 heavy (non-hydrogen) atoms. The second-order valence-corrected chi connectivity index (χ2v) is 10.3. The zero-order valence-electron chi connectivity index (χ0n) is 17.9. The number of nitrogens with one attached hydrogen (secondary N) is 1. The van der Waals surface area contributed by atoms with Crippen molar-refractivity contribution in [2.24, 2.45) is 11.8 Å². The van der Waals surface area contributed by atoms with E-state index in [1.165, 1.54) is 10.0 Å². The summed E-state index contributed by atoms with van der Waals surface area (Å²) in [5.41, 5.74) is 2.21. The molecular weight excluding hydrogens is 429 g/mol. The van der Waals surface area contributed by atoms with Gasteiger partial charge in [0.25, 0.3) is 10.0 Å². The first-order valence-electron chi connectivity index (χ1n) is 10.8. The highest BCUT2D eigenvalue weighted by Crippen LogP contribution is 2.34. The van der Waals surface area contributed by atoms with E-state index in [1.54, 1.807) is 55.7 Å². The van der Waals surface area contributed by atoms with Crippen LogP contribution in [0.2, 0.25) is 0 Å². The molecule has 8 heteroatoms. The van der Waals surface area contributed by atoms with Crippen molar-refractivity contribution in [1.82, 2.24) is 9.29 Å². The van der Waals surface area contributed by atoms with Gasteiger partial charge in [0.05, 0.1) is 23.8 Å². The first-order valence-corrected chi connectivity index (χ1v) is 12.2. The van der Waals surface area contributed by atoms with Crippen molar-refractivity contribution in [3.05, 3.63) is 72.2 Å². The number of benzene rings is 2. The largest absolute Gasteiger partial charge is 0.381 e. The Bertz CT molecular complexity index is 1230. The lowest BCUT2D eigenvalue weighted by Gasteiger charge is -2.20. The third kappa shape index (κ3) is 3.72. The minimum atomic E-state index is -3.93. The number of hydrogen-bond donors (Lipinski definition) is 1. The number of rotatable bonds is 6. The summed E-state index contributed by atoms with van der Waals surface area (Å²) in [5, 5.41) is 3.03. The Kier molecular flexibility index (Phi) is 5.53. The number of halogens is 1. The Labute approximate surface area is 187 Å². The molecule has 2 unspecified atom stereocenters. The molecule has 168 valence electrons. The molecule has 0 aliphatic carbocycles. The van der Waals surface area contributed by atoms with Gasteiger partial charge in [0, 0.05) is 48.9 Å². The first-order chi connectivity index (χ1) is 15.5. The van der Waals surface area contributed by atoms with E-state index in [0.29, 0.717) is 24.1 Å². The van der Waals surface area contributed by atoms with Crippen LogP contribution in [-0.4, -0.2) is 45.7 Å². The highest BCUT2D eigenvalue weighted by Gasteiger charge is 2.37. The molecule has 2 aliphatic heterocycles. The van der Waals surface area contributed by atoms with Gasteiger partial charge in [0.15, 0.2) is 0 Å². The Morgan fingerprint density at radius 1 is 1.06 bits per heavy atom. The Hall–Kier alpha value is -2.68. The predicted molar refractivity (Wildman–Crippen MR) is 122 cm³/mol. The van der Waals surface area contributed by atoms with Gasteiger partial charge < -0.3 is 15.0 Å². The average Bonchev–Trinajstić information content (AvgIpc) is 3.49. The quantitative estimate of drug-likeness (QED) is 0.618. The molecule has 1 aromatic heterocycles. The molecule has 0 saturated carbocycles. The normalized spacial score (nSPS) is 20.6. The second-order valence-electron chi connectivity index (χ2n) is 8.50. The van der Waals surface area contributed by atoms with Gasteiger partial charge in [0.2, 0.25) is 0 Å². The SMILES string of the molecule is CNCc1cc(-c2ccccc2F)n(S(=O)(=O)c2cccc(N3CC4COCC4C3)c2)c1. The Balaban J connectivity index is 1.54. The monoisotopic (exact) mass is 455 g/mol. The van der Waals surface area contributed by atoms with Crippen LogP contribution in [0.15, 0.2) is 65.7 Å². The van der Waals surface area contributed by atoms with E-state index in [-0.39, 0.29) is 10.5 Å². The van der Waals surface area contributed by atoms with E-state index in [4.69, 9.17) is 4.74 Å². The third-order valence-electron chi connectivity index (χ3n) is 6.35. The standard InChI is InChI=1S/C24H26FN3O3S/c1-26-11-17-9-24(22-7-2-3-8-23(22)25)28(12-17)32(29,30)21-6-4-5-20(10-21)27-13-18-15-31-16-19(18)14-27/h2-10,12,18-19,26H,11,13-16H2,1H3. The van der Waals surface area contributed by atoms with Crippen molar-refractivity contribution < 1.29 is 17.5 Å². The minimum Gasteiger partial charge on any atom is -0.381 e. The van der Waals surface area contributed by atoms with Crippen molar-refractivity contribution >= 4 is 15.7 Å². The molecule has 0 bridgehead atoms. The minimum absolute atomic E-state index is 0.188. The molecule has 2 aromatic carbocycles. The number of aromatic nitrogens is 1. The summed E-state index contributed by atoms with van der Waals surface area (Å²) in [6, 6.07) is 15.0. The Morgan fingerprint density at radius 3 is 2.53 bits per heavy atom. The van der Waals surface area contributed by atoms with Gasteiger partial charge in [-0.2, -0.15) is 0 Å². The summed E-state index contributed by atoms with van der Waals surface area (Å²) in [6.45, 7) is 3.74. The highest BCUT2D eigenvalue weighted by molar-refractivity contribution is 7.90. The lowest BCUT2D eigenvalue weighted by Crippen LogP contribution is -2.22. The molecule has 6 nitrogen and oxygen atoms in total. The average molecular weight is 456 g/mol. The molecule has 1 N–H and O–H groups in total. The summed E-state index contributed by atoms with van der Waals surface area (Å²) in [6.07, 6.45) is 1.57. The lowest BCUT2D eigenvalue weighted by atomic mass is 10.0. The van der Waals surface area contributed by atoms with Gasteiger partial charge in [0.1, 0.15) is 5.82 Å². The number of ether oxygens (including phenoxy) is 1. The second kappa shape index (κ2) is 8.35. The highest BCUT2D eigenvalue weighted by atomic mass is 32.2. The fourth-order valence-corrected chi connectivity index (χ4v) is 6.15. The van der Waals surface area contributed by atoms with Crippen molar-refractivity contribution in [3.63, 3.8) is 0 Å². The smallest absolute Gasteiger partial charge is 0.268 e.